The van der Waals surface area contributed by atoms with Crippen LogP contribution in [-0.2, 0) is 6.42 Å². The number of pyridine rings is 3. The highest BCUT2D eigenvalue weighted by atomic mass is 14.8. The van der Waals surface area contributed by atoms with Crippen LogP contribution in [0.3, 0.4) is 0 Å². The van der Waals surface area contributed by atoms with E-state index in [1.54, 1.807) is 12.4 Å². The largest absolute Gasteiger partial charge is 0.255 e. The van der Waals surface area contributed by atoms with Gasteiger partial charge >= 0.3 is 0 Å². The van der Waals surface area contributed by atoms with Gasteiger partial charge in [-0.1, -0.05) is 109 Å². The molecule has 3 heterocycles. The second-order valence-corrected chi connectivity index (χ2v) is 10.1. The van der Waals surface area contributed by atoms with E-state index < -0.39 is 0 Å². The summed E-state index contributed by atoms with van der Waals surface area (Å²) in [6.07, 6.45) is 10.2. The van der Waals surface area contributed by atoms with Crippen LogP contribution < -0.4 is 0 Å². The SMILES string of the molecule is C(=C/C(CCc1ccc(-c2cc(-c3ccccn3)nc(-c3ccccn3)c2)cc1)c1ccccc1)/c1ccccc1. The maximum atomic E-state index is 4.90. The van der Waals surface area contributed by atoms with E-state index in [2.05, 4.69) is 119 Å². The number of benzene rings is 3. The summed E-state index contributed by atoms with van der Waals surface area (Å²) in [7, 11) is 0. The fourth-order valence-electron chi connectivity index (χ4n) is 5.04. The third-order valence-electron chi connectivity index (χ3n) is 7.26. The molecule has 0 amide bonds. The molecule has 0 saturated carbocycles. The number of aromatic nitrogens is 3. The van der Waals surface area contributed by atoms with Gasteiger partial charge in [0.25, 0.3) is 0 Å². The number of aryl methyl sites for hydroxylation is 1. The van der Waals surface area contributed by atoms with Crippen molar-refractivity contribution in [3.63, 3.8) is 0 Å². The van der Waals surface area contributed by atoms with E-state index in [1.807, 2.05) is 36.4 Å². The zero-order valence-corrected chi connectivity index (χ0v) is 22.8. The Morgan fingerprint density at radius 3 is 1.71 bits per heavy atom. The molecule has 1 unspecified atom stereocenters. The molecule has 41 heavy (non-hydrogen) atoms. The number of hydrogen-bond donors (Lipinski definition) is 0. The summed E-state index contributed by atoms with van der Waals surface area (Å²) in [4.78, 5) is 14.0. The summed E-state index contributed by atoms with van der Waals surface area (Å²) in [5.74, 6) is 0.346. The highest BCUT2D eigenvalue weighted by Gasteiger charge is 2.12. The number of nitrogens with zero attached hydrogens (tertiary/aromatic N) is 3. The number of allylic oxidation sites excluding steroid dienone is 1. The molecule has 3 nitrogen and oxygen atoms in total. The molecule has 3 aromatic carbocycles. The van der Waals surface area contributed by atoms with Gasteiger partial charge in [-0.3, -0.25) is 9.97 Å². The first kappa shape index (κ1) is 26.1. The van der Waals surface area contributed by atoms with Crippen molar-refractivity contribution >= 4 is 6.08 Å². The molecule has 3 heteroatoms. The molecule has 6 aromatic rings. The monoisotopic (exact) mass is 529 g/mol. The lowest BCUT2D eigenvalue weighted by Crippen LogP contribution is -1.98. The molecule has 0 radical (unpaired) electrons. The topological polar surface area (TPSA) is 38.7 Å². The van der Waals surface area contributed by atoms with Gasteiger partial charge in [0.15, 0.2) is 0 Å². The molecular weight excluding hydrogens is 498 g/mol. The van der Waals surface area contributed by atoms with Crippen LogP contribution in [0.25, 0.3) is 40.0 Å². The Labute approximate surface area is 242 Å². The minimum absolute atomic E-state index is 0.346. The standard InChI is InChI=1S/C38H31N3/c1-3-11-29(12-4-1)17-21-32(31-13-5-2-6-14-31)22-18-30-19-23-33(24-20-30)34-27-37(35-15-7-9-25-39-35)41-38(28-34)36-16-8-10-26-40-36/h1-17,19-21,23-28,32H,18,22H2/b21-17-. The summed E-state index contributed by atoms with van der Waals surface area (Å²) in [6, 6.07) is 46.3. The molecule has 0 aliphatic rings. The molecule has 0 bridgehead atoms. The van der Waals surface area contributed by atoms with Crippen molar-refractivity contribution < 1.29 is 0 Å². The summed E-state index contributed by atoms with van der Waals surface area (Å²) >= 11 is 0. The first-order chi connectivity index (χ1) is 20.3. The van der Waals surface area contributed by atoms with Crippen molar-refractivity contribution in [1.29, 1.82) is 0 Å². The van der Waals surface area contributed by atoms with Crippen LogP contribution in [0, 0.1) is 0 Å². The summed E-state index contributed by atoms with van der Waals surface area (Å²) < 4.78 is 0. The minimum atomic E-state index is 0.346. The second-order valence-electron chi connectivity index (χ2n) is 10.1. The van der Waals surface area contributed by atoms with Crippen LogP contribution in [-0.4, -0.2) is 15.0 Å². The lowest BCUT2D eigenvalue weighted by molar-refractivity contribution is 0.738. The summed E-state index contributed by atoms with van der Waals surface area (Å²) in [6.45, 7) is 0. The molecule has 1 atom stereocenters. The van der Waals surface area contributed by atoms with Gasteiger partial charge < -0.3 is 0 Å². The van der Waals surface area contributed by atoms with Crippen LogP contribution in [0.5, 0.6) is 0 Å². The van der Waals surface area contributed by atoms with Gasteiger partial charge in [0.2, 0.25) is 0 Å². The fourth-order valence-corrected chi connectivity index (χ4v) is 5.04. The molecule has 6 rings (SSSR count). The predicted octanol–water partition coefficient (Wildman–Crippen LogP) is 9.30. The zero-order chi connectivity index (χ0) is 27.7. The lowest BCUT2D eigenvalue weighted by atomic mass is 9.91. The maximum Gasteiger partial charge on any atom is 0.0900 e. The normalized spacial score (nSPS) is 11.9. The zero-order valence-electron chi connectivity index (χ0n) is 22.8. The van der Waals surface area contributed by atoms with Crippen LogP contribution >= 0.6 is 0 Å². The van der Waals surface area contributed by atoms with E-state index >= 15 is 0 Å². The number of rotatable bonds is 9. The van der Waals surface area contributed by atoms with Gasteiger partial charge in [-0.15, -0.1) is 0 Å². The average molecular weight is 530 g/mol. The van der Waals surface area contributed by atoms with Crippen LogP contribution in [0.2, 0.25) is 0 Å². The maximum absolute atomic E-state index is 4.90. The molecular formula is C38H31N3. The Morgan fingerprint density at radius 2 is 1.12 bits per heavy atom. The predicted molar refractivity (Wildman–Crippen MR) is 169 cm³/mol. The smallest absolute Gasteiger partial charge is 0.0900 e. The molecule has 198 valence electrons. The van der Waals surface area contributed by atoms with Gasteiger partial charge in [0.05, 0.1) is 22.8 Å². The molecule has 0 aliphatic heterocycles. The van der Waals surface area contributed by atoms with Crippen LogP contribution in [0.15, 0.2) is 152 Å². The quantitative estimate of drug-likeness (QED) is 0.187. The highest BCUT2D eigenvalue weighted by molar-refractivity contribution is 5.74. The van der Waals surface area contributed by atoms with Crippen LogP contribution in [0.1, 0.15) is 29.0 Å². The molecule has 0 fully saturated rings. The third-order valence-corrected chi connectivity index (χ3v) is 7.26. The summed E-state index contributed by atoms with van der Waals surface area (Å²) in [5, 5.41) is 0. The van der Waals surface area contributed by atoms with Crippen molar-refractivity contribution in [3.05, 3.63) is 169 Å². The van der Waals surface area contributed by atoms with E-state index in [0.717, 1.165) is 46.7 Å². The Bertz CT molecular complexity index is 1640. The van der Waals surface area contributed by atoms with Crippen molar-refractivity contribution in [2.75, 3.05) is 0 Å². The lowest BCUT2D eigenvalue weighted by Gasteiger charge is -2.14. The van der Waals surface area contributed by atoms with E-state index in [9.17, 15) is 0 Å². The van der Waals surface area contributed by atoms with Crippen molar-refractivity contribution in [2.24, 2.45) is 0 Å². The number of hydrogen-bond acceptors (Lipinski definition) is 3. The van der Waals surface area contributed by atoms with Gasteiger partial charge in [-0.05, 0) is 77.1 Å². The highest BCUT2D eigenvalue weighted by Crippen LogP contribution is 2.30. The third kappa shape index (κ3) is 6.71. The Kier molecular flexibility index (Phi) is 8.15. The molecule has 0 aliphatic carbocycles. The molecule has 0 saturated heterocycles. The second kappa shape index (κ2) is 12.8. The molecule has 0 N–H and O–H groups in total. The van der Waals surface area contributed by atoms with Gasteiger partial charge in [-0.2, -0.15) is 0 Å². The first-order valence-electron chi connectivity index (χ1n) is 14.0. The average Bonchev–Trinajstić information content (AvgIpc) is 3.06. The minimum Gasteiger partial charge on any atom is -0.255 e. The van der Waals surface area contributed by atoms with E-state index in [4.69, 9.17) is 4.98 Å². The van der Waals surface area contributed by atoms with Crippen molar-refractivity contribution in [2.45, 2.75) is 18.8 Å². The van der Waals surface area contributed by atoms with Crippen molar-refractivity contribution in [1.82, 2.24) is 15.0 Å². The summed E-state index contributed by atoms with van der Waals surface area (Å²) in [5.41, 5.74) is 9.51. The van der Waals surface area contributed by atoms with E-state index in [-0.39, 0.29) is 0 Å². The van der Waals surface area contributed by atoms with Crippen molar-refractivity contribution in [3.8, 4) is 33.9 Å². The van der Waals surface area contributed by atoms with Gasteiger partial charge in [0.1, 0.15) is 0 Å². The van der Waals surface area contributed by atoms with Gasteiger partial charge in [-0.25, -0.2) is 4.98 Å². The Balaban J connectivity index is 1.24. The van der Waals surface area contributed by atoms with E-state index in [0.29, 0.717) is 5.92 Å². The molecule has 3 aromatic heterocycles. The first-order valence-corrected chi connectivity index (χ1v) is 14.0. The molecule has 0 spiro atoms. The van der Waals surface area contributed by atoms with E-state index in [1.165, 1.54) is 16.7 Å². The Hall–Kier alpha value is -5.15. The fraction of sp³-hybridized carbons (Fsp3) is 0.0789. The van der Waals surface area contributed by atoms with Gasteiger partial charge in [0, 0.05) is 18.3 Å². The Morgan fingerprint density at radius 1 is 0.537 bits per heavy atom. The van der Waals surface area contributed by atoms with Crippen LogP contribution in [0.4, 0.5) is 0 Å².